The summed E-state index contributed by atoms with van der Waals surface area (Å²) >= 11 is 0. The summed E-state index contributed by atoms with van der Waals surface area (Å²) in [5.74, 6) is 2.01. The molecule has 0 unspecified atom stereocenters. The first-order valence-electron chi connectivity index (χ1n) is 9.50. The van der Waals surface area contributed by atoms with E-state index in [0.717, 1.165) is 18.4 Å². The lowest BCUT2D eigenvalue weighted by atomic mass is 9.79. The van der Waals surface area contributed by atoms with Crippen LogP contribution in [0.2, 0.25) is 0 Å². The quantitative estimate of drug-likeness (QED) is 0.735. The van der Waals surface area contributed by atoms with Crippen LogP contribution in [-0.2, 0) is 0 Å². The average Bonchev–Trinajstić information content (AvgIpc) is 2.58. The fourth-order valence-electron chi connectivity index (χ4n) is 4.04. The molecule has 2 heterocycles. The molecular weight excluding hydrogens is 272 g/mol. The number of likely N-dealkylation sites (N-methyl/N-ethyl adjacent to an activating group) is 2. The second kappa shape index (κ2) is 9.86. The van der Waals surface area contributed by atoms with Crippen molar-refractivity contribution in [2.45, 2.75) is 32.6 Å². The van der Waals surface area contributed by atoms with Gasteiger partial charge in [0.25, 0.3) is 0 Å². The smallest absolute Gasteiger partial charge is 0.0109 e. The van der Waals surface area contributed by atoms with Gasteiger partial charge in [-0.05, 0) is 84.3 Å². The third-order valence-electron chi connectivity index (χ3n) is 5.95. The lowest BCUT2D eigenvalue weighted by Gasteiger charge is -2.40. The molecule has 0 aromatic heterocycles. The van der Waals surface area contributed by atoms with Crippen molar-refractivity contribution < 1.29 is 0 Å². The van der Waals surface area contributed by atoms with Gasteiger partial charge in [0.05, 0.1) is 0 Å². The van der Waals surface area contributed by atoms with Gasteiger partial charge in [0.1, 0.15) is 0 Å². The summed E-state index contributed by atoms with van der Waals surface area (Å²) in [6.45, 7) is 13.6. The van der Waals surface area contributed by atoms with E-state index in [1.807, 2.05) is 0 Å². The van der Waals surface area contributed by atoms with Crippen molar-refractivity contribution in [2.24, 2.45) is 11.8 Å². The molecule has 0 atom stereocenters. The lowest BCUT2D eigenvalue weighted by Crippen LogP contribution is -2.43. The zero-order chi connectivity index (χ0) is 15.8. The van der Waals surface area contributed by atoms with Gasteiger partial charge >= 0.3 is 0 Å². The van der Waals surface area contributed by atoms with Crippen molar-refractivity contribution in [1.29, 1.82) is 0 Å². The highest BCUT2D eigenvalue weighted by Crippen LogP contribution is 2.32. The molecule has 0 radical (unpaired) electrons. The molecule has 0 aromatic rings. The van der Waals surface area contributed by atoms with Gasteiger partial charge < -0.3 is 20.0 Å². The highest BCUT2D eigenvalue weighted by molar-refractivity contribution is 4.82. The molecule has 0 aromatic carbocycles. The molecule has 4 heteroatoms. The first-order valence-corrected chi connectivity index (χ1v) is 9.50. The van der Waals surface area contributed by atoms with E-state index in [-0.39, 0.29) is 0 Å². The maximum absolute atomic E-state index is 3.27. The molecular formula is C18H38N4. The average molecular weight is 311 g/mol. The fourth-order valence-corrected chi connectivity index (χ4v) is 4.04. The van der Waals surface area contributed by atoms with Gasteiger partial charge in [0, 0.05) is 26.2 Å². The zero-order valence-corrected chi connectivity index (χ0v) is 15.2. The summed E-state index contributed by atoms with van der Waals surface area (Å²) in [7, 11) is 4.29. The van der Waals surface area contributed by atoms with Crippen molar-refractivity contribution in [2.75, 3.05) is 73.0 Å². The van der Waals surface area contributed by atoms with Crippen LogP contribution in [0.1, 0.15) is 32.6 Å². The van der Waals surface area contributed by atoms with Gasteiger partial charge in [-0.3, -0.25) is 0 Å². The second-order valence-corrected chi connectivity index (χ2v) is 7.36. The maximum atomic E-state index is 3.27. The van der Waals surface area contributed by atoms with E-state index < -0.39 is 0 Å². The molecule has 0 aliphatic carbocycles. The van der Waals surface area contributed by atoms with E-state index in [0.29, 0.717) is 0 Å². The van der Waals surface area contributed by atoms with E-state index >= 15 is 0 Å². The normalized spacial score (nSPS) is 23.5. The number of hydrogen-bond donors (Lipinski definition) is 1. The van der Waals surface area contributed by atoms with Crippen molar-refractivity contribution in [3.63, 3.8) is 0 Å². The Balaban J connectivity index is 1.61. The molecule has 2 rings (SSSR count). The molecule has 2 fully saturated rings. The lowest BCUT2D eigenvalue weighted by molar-refractivity contribution is 0.0931. The molecule has 0 amide bonds. The summed E-state index contributed by atoms with van der Waals surface area (Å²) in [6, 6.07) is 0. The number of nitrogens with one attached hydrogen (secondary N) is 1. The molecule has 1 N–H and O–H groups in total. The van der Waals surface area contributed by atoms with Gasteiger partial charge in [-0.2, -0.15) is 0 Å². The number of nitrogens with zero attached hydrogens (tertiary/aromatic N) is 3. The Morgan fingerprint density at radius 3 is 1.86 bits per heavy atom. The molecule has 0 bridgehead atoms. The van der Waals surface area contributed by atoms with Crippen LogP contribution in [0.3, 0.4) is 0 Å². The van der Waals surface area contributed by atoms with E-state index in [9.17, 15) is 0 Å². The van der Waals surface area contributed by atoms with E-state index in [1.165, 1.54) is 78.0 Å². The summed E-state index contributed by atoms with van der Waals surface area (Å²) in [6.07, 6.45) is 5.76. The minimum atomic E-state index is 1.01. The van der Waals surface area contributed by atoms with Crippen LogP contribution in [0.4, 0.5) is 0 Å². The van der Waals surface area contributed by atoms with Gasteiger partial charge in [0.15, 0.2) is 0 Å². The SMILES string of the molecule is CCN(C)CCN1CCC(C2CCN(CCNC)CC2)CC1. The Morgan fingerprint density at radius 2 is 1.41 bits per heavy atom. The van der Waals surface area contributed by atoms with Crippen LogP contribution in [0.5, 0.6) is 0 Å². The summed E-state index contributed by atoms with van der Waals surface area (Å²) in [5, 5.41) is 3.27. The van der Waals surface area contributed by atoms with Crippen molar-refractivity contribution in [1.82, 2.24) is 20.0 Å². The Hall–Kier alpha value is -0.160. The first-order chi connectivity index (χ1) is 10.7. The van der Waals surface area contributed by atoms with Crippen LogP contribution in [0.25, 0.3) is 0 Å². The van der Waals surface area contributed by atoms with Crippen molar-refractivity contribution in [3.05, 3.63) is 0 Å². The molecule has 0 saturated carbocycles. The standard InChI is InChI=1S/C18H38N4/c1-4-20(3)15-16-22-12-7-18(8-13-22)17-5-10-21(11-6-17)14-9-19-2/h17-19H,4-16H2,1-3H3. The Labute approximate surface area is 138 Å². The summed E-state index contributed by atoms with van der Waals surface area (Å²) in [4.78, 5) is 7.75. The first kappa shape index (κ1) is 18.2. The van der Waals surface area contributed by atoms with Crippen molar-refractivity contribution in [3.8, 4) is 0 Å². The van der Waals surface area contributed by atoms with E-state index in [4.69, 9.17) is 0 Å². The topological polar surface area (TPSA) is 21.8 Å². The fraction of sp³-hybridized carbons (Fsp3) is 1.00. The maximum Gasteiger partial charge on any atom is 0.0109 e. The predicted molar refractivity (Wildman–Crippen MR) is 95.4 cm³/mol. The molecule has 2 aliphatic heterocycles. The van der Waals surface area contributed by atoms with Gasteiger partial charge in [-0.15, -0.1) is 0 Å². The second-order valence-electron chi connectivity index (χ2n) is 7.36. The van der Waals surface area contributed by atoms with Gasteiger partial charge in [-0.1, -0.05) is 6.92 Å². The Morgan fingerprint density at radius 1 is 0.909 bits per heavy atom. The van der Waals surface area contributed by atoms with Crippen LogP contribution in [0, 0.1) is 11.8 Å². The molecule has 2 saturated heterocycles. The molecule has 22 heavy (non-hydrogen) atoms. The molecule has 0 spiro atoms. The Kier molecular flexibility index (Phi) is 8.15. The minimum absolute atomic E-state index is 1.01. The van der Waals surface area contributed by atoms with E-state index in [1.54, 1.807) is 0 Å². The number of likely N-dealkylation sites (tertiary alicyclic amines) is 2. The van der Waals surface area contributed by atoms with E-state index in [2.05, 4.69) is 41.0 Å². The van der Waals surface area contributed by atoms with Gasteiger partial charge in [-0.25, -0.2) is 0 Å². The van der Waals surface area contributed by atoms with Gasteiger partial charge in [0.2, 0.25) is 0 Å². The number of rotatable bonds is 8. The van der Waals surface area contributed by atoms with Crippen LogP contribution in [0.15, 0.2) is 0 Å². The monoisotopic (exact) mass is 310 g/mol. The van der Waals surface area contributed by atoms with Crippen molar-refractivity contribution >= 4 is 0 Å². The van der Waals surface area contributed by atoms with Crippen LogP contribution >= 0.6 is 0 Å². The Bertz CT molecular complexity index is 281. The third kappa shape index (κ3) is 5.80. The largest absolute Gasteiger partial charge is 0.318 e. The zero-order valence-electron chi connectivity index (χ0n) is 15.2. The molecule has 130 valence electrons. The third-order valence-corrected chi connectivity index (χ3v) is 5.95. The number of piperidine rings is 2. The molecule has 2 aliphatic rings. The highest BCUT2D eigenvalue weighted by Gasteiger charge is 2.29. The highest BCUT2D eigenvalue weighted by atomic mass is 15.2. The predicted octanol–water partition coefficient (Wildman–Crippen LogP) is 1.58. The van der Waals surface area contributed by atoms with Crippen LogP contribution in [-0.4, -0.2) is 87.7 Å². The van der Waals surface area contributed by atoms with Crippen LogP contribution < -0.4 is 5.32 Å². The number of hydrogen-bond acceptors (Lipinski definition) is 4. The summed E-state index contributed by atoms with van der Waals surface area (Å²) < 4.78 is 0. The minimum Gasteiger partial charge on any atom is -0.318 e. The summed E-state index contributed by atoms with van der Waals surface area (Å²) in [5.41, 5.74) is 0. The molecule has 4 nitrogen and oxygen atoms in total.